The summed E-state index contributed by atoms with van der Waals surface area (Å²) < 4.78 is 0. The number of hydrogen-bond acceptors (Lipinski definition) is 3. The van der Waals surface area contributed by atoms with E-state index in [0.29, 0.717) is 12.0 Å². The van der Waals surface area contributed by atoms with E-state index >= 15 is 0 Å². The van der Waals surface area contributed by atoms with E-state index in [2.05, 4.69) is 34.4 Å². The van der Waals surface area contributed by atoms with E-state index in [4.69, 9.17) is 0 Å². The minimum absolute atomic E-state index is 0. The molecule has 2 atom stereocenters. The second kappa shape index (κ2) is 6.23. The Morgan fingerprint density at radius 1 is 1.43 bits per heavy atom. The predicted octanol–water partition coefficient (Wildman–Crippen LogP) is 3.84. The van der Waals surface area contributed by atoms with Crippen LogP contribution in [0.25, 0.3) is 0 Å². The molecular weight excluding hydrogens is 300 g/mol. The molecular formula is C17H23ClN2S. The van der Waals surface area contributed by atoms with E-state index < -0.39 is 0 Å². The Hall–Kier alpha value is -0.640. The molecule has 1 aliphatic carbocycles. The number of rotatable bonds is 2. The Kier molecular flexibility index (Phi) is 4.53. The van der Waals surface area contributed by atoms with Gasteiger partial charge in [-0.3, -0.25) is 0 Å². The number of thioether (sulfide) groups is 1. The summed E-state index contributed by atoms with van der Waals surface area (Å²) in [6, 6.07) is 0.621. The monoisotopic (exact) mass is 322 g/mol. The van der Waals surface area contributed by atoms with Gasteiger partial charge in [-0.2, -0.15) is 0 Å². The van der Waals surface area contributed by atoms with Gasteiger partial charge in [0.1, 0.15) is 0 Å². The van der Waals surface area contributed by atoms with Gasteiger partial charge in [-0.15, -0.1) is 30.7 Å². The van der Waals surface area contributed by atoms with Crippen LogP contribution < -0.4 is 5.32 Å². The van der Waals surface area contributed by atoms with Crippen LogP contribution in [0.3, 0.4) is 0 Å². The number of fused-ring (bicyclic) bond motifs is 2. The van der Waals surface area contributed by atoms with Crippen molar-refractivity contribution in [3.8, 4) is 0 Å². The molecule has 0 spiro atoms. The summed E-state index contributed by atoms with van der Waals surface area (Å²) in [5.74, 6) is 0.680. The molecule has 4 aliphatic rings. The number of nitrogens with zero attached hydrogens (tertiary/aromatic N) is 1. The quantitative estimate of drug-likeness (QED) is 0.778. The predicted molar refractivity (Wildman–Crippen MR) is 93.5 cm³/mol. The molecule has 1 saturated heterocycles. The Bertz CT molecular complexity index is 535. The van der Waals surface area contributed by atoms with Gasteiger partial charge in [-0.05, 0) is 48.2 Å². The highest BCUT2D eigenvalue weighted by Gasteiger charge is 2.43. The number of piperidine rings is 1. The smallest absolute Gasteiger partial charge is 0.0568 e. The minimum atomic E-state index is 0. The average molecular weight is 323 g/mol. The molecule has 4 heteroatoms. The Balaban J connectivity index is 0.00000132. The fraction of sp³-hybridized carbons (Fsp3) is 0.529. The van der Waals surface area contributed by atoms with Gasteiger partial charge in [-0.25, -0.2) is 0 Å². The normalized spacial score (nSPS) is 30.6. The molecule has 2 nitrogen and oxygen atoms in total. The first-order chi connectivity index (χ1) is 9.90. The molecule has 3 aliphatic heterocycles. The first kappa shape index (κ1) is 15.3. The minimum Gasteiger partial charge on any atom is -0.360 e. The van der Waals surface area contributed by atoms with Gasteiger partial charge < -0.3 is 10.2 Å². The van der Waals surface area contributed by atoms with E-state index in [-0.39, 0.29) is 12.4 Å². The number of hydrogen-bond donors (Lipinski definition) is 1. The van der Waals surface area contributed by atoms with Gasteiger partial charge in [0, 0.05) is 24.5 Å². The van der Waals surface area contributed by atoms with Crippen LogP contribution in [0.2, 0.25) is 0 Å². The van der Waals surface area contributed by atoms with E-state index in [1.807, 2.05) is 11.8 Å². The number of nitrogens with one attached hydrogen (secondary N) is 1. The van der Waals surface area contributed by atoms with Crippen molar-refractivity contribution >= 4 is 24.2 Å². The van der Waals surface area contributed by atoms with Gasteiger partial charge in [0.25, 0.3) is 0 Å². The molecule has 21 heavy (non-hydrogen) atoms. The molecule has 0 saturated carbocycles. The summed E-state index contributed by atoms with van der Waals surface area (Å²) in [6.07, 6.45) is 9.43. The topological polar surface area (TPSA) is 15.3 Å². The zero-order chi connectivity index (χ0) is 13.5. The van der Waals surface area contributed by atoms with Crippen LogP contribution in [0.5, 0.6) is 0 Å². The summed E-state index contributed by atoms with van der Waals surface area (Å²) in [5.41, 5.74) is 4.96. The van der Waals surface area contributed by atoms with Crippen molar-refractivity contribution < 1.29 is 0 Å². The Labute approximate surface area is 137 Å². The molecule has 1 N–H and O–H groups in total. The van der Waals surface area contributed by atoms with Crippen molar-refractivity contribution in [3.63, 3.8) is 0 Å². The fourth-order valence-corrected chi connectivity index (χ4v) is 5.23. The summed E-state index contributed by atoms with van der Waals surface area (Å²) in [7, 11) is 0. The summed E-state index contributed by atoms with van der Waals surface area (Å²) in [5, 5.41) is 5.94. The van der Waals surface area contributed by atoms with E-state index in [1.165, 1.54) is 19.3 Å². The van der Waals surface area contributed by atoms with E-state index in [1.54, 1.807) is 21.7 Å². The highest BCUT2D eigenvalue weighted by Crippen LogP contribution is 2.49. The molecule has 0 radical (unpaired) electrons. The van der Waals surface area contributed by atoms with E-state index in [0.717, 1.165) is 26.1 Å². The second-order valence-corrected chi connectivity index (χ2v) is 7.13. The molecule has 3 heterocycles. The molecule has 1 fully saturated rings. The molecule has 0 aromatic rings. The third kappa shape index (κ3) is 2.39. The maximum absolute atomic E-state index is 3.97. The highest BCUT2D eigenvalue weighted by molar-refractivity contribution is 8.05. The van der Waals surface area contributed by atoms with Gasteiger partial charge in [0.15, 0.2) is 0 Å². The largest absolute Gasteiger partial charge is 0.360 e. The van der Waals surface area contributed by atoms with Crippen LogP contribution in [-0.4, -0.2) is 30.6 Å². The maximum Gasteiger partial charge on any atom is 0.0568 e. The lowest BCUT2D eigenvalue weighted by Crippen LogP contribution is -2.47. The highest BCUT2D eigenvalue weighted by atomic mass is 35.5. The van der Waals surface area contributed by atoms with Crippen molar-refractivity contribution in [1.29, 1.82) is 0 Å². The van der Waals surface area contributed by atoms with Crippen molar-refractivity contribution in [1.82, 2.24) is 10.2 Å². The van der Waals surface area contributed by atoms with Crippen molar-refractivity contribution in [2.24, 2.45) is 5.92 Å². The number of halogens is 1. The second-order valence-electron chi connectivity index (χ2n) is 6.13. The third-order valence-corrected chi connectivity index (χ3v) is 6.01. The van der Waals surface area contributed by atoms with Crippen LogP contribution in [0.1, 0.15) is 25.7 Å². The van der Waals surface area contributed by atoms with Gasteiger partial charge >= 0.3 is 0 Å². The van der Waals surface area contributed by atoms with Crippen LogP contribution in [0.15, 0.2) is 45.9 Å². The lowest BCUT2D eigenvalue weighted by molar-refractivity contribution is 0.225. The zero-order valence-corrected chi connectivity index (χ0v) is 13.9. The first-order valence-electron chi connectivity index (χ1n) is 7.75. The maximum atomic E-state index is 3.97. The summed E-state index contributed by atoms with van der Waals surface area (Å²) >= 11 is 1.96. The van der Waals surface area contributed by atoms with Crippen molar-refractivity contribution in [2.45, 2.75) is 31.7 Å². The summed E-state index contributed by atoms with van der Waals surface area (Å²) in [4.78, 5) is 4.31. The standard InChI is InChI=1S/C17H22N2S.ClH/c1-2-5-12-10-18-11-14-13-6-3-7-15-17(13)19(16(12)14)8-4-9-20-15;/h2,4,9,12,16,18H,1,3,5-8,10-11H2;1H. The Morgan fingerprint density at radius 2 is 2.33 bits per heavy atom. The average Bonchev–Trinajstić information content (AvgIpc) is 2.65. The third-order valence-electron chi connectivity index (χ3n) is 4.99. The molecule has 2 unspecified atom stereocenters. The van der Waals surface area contributed by atoms with Crippen molar-refractivity contribution in [2.75, 3.05) is 19.6 Å². The molecule has 4 rings (SSSR count). The van der Waals surface area contributed by atoms with Crippen LogP contribution in [0.4, 0.5) is 0 Å². The lowest BCUT2D eigenvalue weighted by Gasteiger charge is -2.38. The molecule has 0 bridgehead atoms. The van der Waals surface area contributed by atoms with Crippen molar-refractivity contribution in [3.05, 3.63) is 45.9 Å². The van der Waals surface area contributed by atoms with Gasteiger partial charge in [0.2, 0.25) is 0 Å². The van der Waals surface area contributed by atoms with Gasteiger partial charge in [-0.1, -0.05) is 12.2 Å². The van der Waals surface area contributed by atoms with E-state index in [9.17, 15) is 0 Å². The van der Waals surface area contributed by atoms with Gasteiger partial charge in [0.05, 0.1) is 11.7 Å². The SMILES string of the molecule is C=CCC1CNCC2=C3CCCC4=C3N(CC=CS4)C21.Cl. The van der Waals surface area contributed by atoms with Crippen LogP contribution in [0, 0.1) is 5.92 Å². The Morgan fingerprint density at radius 3 is 3.19 bits per heavy atom. The van der Waals surface area contributed by atoms with Crippen LogP contribution in [-0.2, 0) is 0 Å². The molecule has 0 aromatic heterocycles. The summed E-state index contributed by atoms with van der Waals surface area (Å²) in [6.45, 7) is 7.27. The fourth-order valence-electron chi connectivity index (χ4n) is 4.27. The molecule has 0 aromatic carbocycles. The number of allylic oxidation sites excluding steroid dienone is 3. The molecule has 114 valence electrons. The van der Waals surface area contributed by atoms with Crippen LogP contribution >= 0.6 is 24.2 Å². The molecule has 0 amide bonds. The zero-order valence-electron chi connectivity index (χ0n) is 12.3. The first-order valence-corrected chi connectivity index (χ1v) is 8.63. The lowest BCUT2D eigenvalue weighted by atomic mass is 9.85.